The zero-order valence-corrected chi connectivity index (χ0v) is 19.7. The lowest BCUT2D eigenvalue weighted by molar-refractivity contribution is 0.0970. The number of halogens is 1. The predicted octanol–water partition coefficient (Wildman–Crippen LogP) is 5.25. The minimum atomic E-state index is -0.734. The summed E-state index contributed by atoms with van der Waals surface area (Å²) in [7, 11) is 1.57. The molecule has 4 aromatic rings. The van der Waals surface area contributed by atoms with E-state index >= 15 is 0 Å². The summed E-state index contributed by atoms with van der Waals surface area (Å²) in [5.41, 5.74) is 0.962. The molecule has 33 heavy (non-hydrogen) atoms. The third-order valence-corrected chi connectivity index (χ3v) is 6.67. The molecule has 1 atom stereocenters. The Balaban J connectivity index is 1.75. The predicted molar refractivity (Wildman–Crippen MR) is 128 cm³/mol. The van der Waals surface area contributed by atoms with Gasteiger partial charge in [0.2, 0.25) is 10.9 Å². The SMILES string of the molecule is COc1cccc([C@@H]2c3c(oc4ccc(Cl)cc4c3=O)C(=O)N2c2nnc(CC(C)C)s2)c1. The van der Waals surface area contributed by atoms with Crippen molar-refractivity contribution in [2.75, 3.05) is 12.0 Å². The summed E-state index contributed by atoms with van der Waals surface area (Å²) in [5, 5.41) is 10.5. The number of nitrogens with zero attached hydrogens (tertiary/aromatic N) is 3. The number of rotatable bonds is 5. The molecule has 5 rings (SSSR count). The molecule has 2 aromatic heterocycles. The van der Waals surface area contributed by atoms with Crippen molar-refractivity contribution < 1.29 is 13.9 Å². The molecule has 1 aliphatic heterocycles. The first-order valence-corrected chi connectivity index (χ1v) is 11.6. The number of hydrogen-bond acceptors (Lipinski definition) is 7. The van der Waals surface area contributed by atoms with Crippen LogP contribution in [0.2, 0.25) is 5.02 Å². The molecule has 7 nitrogen and oxygen atoms in total. The van der Waals surface area contributed by atoms with Gasteiger partial charge in [0.25, 0.3) is 5.91 Å². The highest BCUT2D eigenvalue weighted by atomic mass is 35.5. The molecule has 0 saturated heterocycles. The second-order valence-electron chi connectivity index (χ2n) is 8.25. The first-order valence-electron chi connectivity index (χ1n) is 10.4. The molecular weight excluding hydrogens is 462 g/mol. The Morgan fingerprint density at radius 2 is 2.00 bits per heavy atom. The molecule has 0 spiro atoms. The van der Waals surface area contributed by atoms with Crippen molar-refractivity contribution in [2.24, 2.45) is 5.92 Å². The average molecular weight is 482 g/mol. The van der Waals surface area contributed by atoms with E-state index in [1.165, 1.54) is 16.2 Å². The second-order valence-corrected chi connectivity index (χ2v) is 9.72. The maximum atomic E-state index is 13.6. The van der Waals surface area contributed by atoms with Crippen molar-refractivity contribution in [3.05, 3.63) is 79.6 Å². The van der Waals surface area contributed by atoms with Crippen molar-refractivity contribution in [2.45, 2.75) is 26.3 Å². The lowest BCUT2D eigenvalue weighted by Crippen LogP contribution is -2.29. The van der Waals surface area contributed by atoms with Gasteiger partial charge in [0.05, 0.1) is 24.1 Å². The molecule has 0 bridgehead atoms. The summed E-state index contributed by atoms with van der Waals surface area (Å²) in [4.78, 5) is 28.7. The Morgan fingerprint density at radius 3 is 2.76 bits per heavy atom. The summed E-state index contributed by atoms with van der Waals surface area (Å²) in [6.07, 6.45) is 0.746. The number of amides is 1. The van der Waals surface area contributed by atoms with E-state index in [0.29, 0.717) is 38.4 Å². The van der Waals surface area contributed by atoms with Gasteiger partial charge in [-0.1, -0.05) is 48.9 Å². The monoisotopic (exact) mass is 481 g/mol. The van der Waals surface area contributed by atoms with E-state index < -0.39 is 11.9 Å². The molecular formula is C24H20ClN3O4S. The van der Waals surface area contributed by atoms with E-state index in [1.54, 1.807) is 37.4 Å². The average Bonchev–Trinajstić information content (AvgIpc) is 3.36. The summed E-state index contributed by atoms with van der Waals surface area (Å²) in [6, 6.07) is 11.3. The van der Waals surface area contributed by atoms with Crippen LogP contribution in [0.15, 0.2) is 51.7 Å². The Morgan fingerprint density at radius 1 is 1.18 bits per heavy atom. The number of hydrogen-bond donors (Lipinski definition) is 0. The Hall–Kier alpha value is -3.23. The van der Waals surface area contributed by atoms with Crippen LogP contribution >= 0.6 is 22.9 Å². The fourth-order valence-electron chi connectivity index (χ4n) is 4.04. The van der Waals surface area contributed by atoms with Crippen LogP contribution in [-0.4, -0.2) is 23.2 Å². The Labute approximate surface area is 198 Å². The van der Waals surface area contributed by atoms with Crippen LogP contribution in [0, 0.1) is 5.92 Å². The minimum Gasteiger partial charge on any atom is -0.497 e. The molecule has 168 valence electrons. The lowest BCUT2D eigenvalue weighted by atomic mass is 9.98. The van der Waals surface area contributed by atoms with Crippen LogP contribution in [0.25, 0.3) is 11.0 Å². The van der Waals surface area contributed by atoms with Crippen LogP contribution in [0.3, 0.4) is 0 Å². The smallest absolute Gasteiger partial charge is 0.297 e. The van der Waals surface area contributed by atoms with Gasteiger partial charge in [-0.05, 0) is 41.8 Å². The van der Waals surface area contributed by atoms with Gasteiger partial charge in [-0.25, -0.2) is 0 Å². The highest BCUT2D eigenvalue weighted by Gasteiger charge is 2.45. The Bertz CT molecular complexity index is 1450. The zero-order chi connectivity index (χ0) is 23.3. The van der Waals surface area contributed by atoms with Gasteiger partial charge in [-0.15, -0.1) is 10.2 Å². The van der Waals surface area contributed by atoms with E-state index in [-0.39, 0.29) is 16.8 Å². The van der Waals surface area contributed by atoms with Gasteiger partial charge in [-0.3, -0.25) is 14.5 Å². The summed E-state index contributed by atoms with van der Waals surface area (Å²) in [6.45, 7) is 4.19. The largest absolute Gasteiger partial charge is 0.497 e. The molecule has 9 heteroatoms. The highest BCUT2D eigenvalue weighted by Crippen LogP contribution is 2.43. The first-order chi connectivity index (χ1) is 15.9. The molecule has 0 N–H and O–H groups in total. The standard InChI is InChI=1S/C24H20ClN3O4S/c1-12(2)9-18-26-27-24(33-18)28-20(13-5-4-6-15(10-13)31-3)19-21(29)16-11-14(25)7-8-17(16)32-22(19)23(28)30/h4-8,10-12,20H,9H2,1-3H3/t20-/m1/s1. The van der Waals surface area contributed by atoms with Crippen LogP contribution in [0.5, 0.6) is 5.75 Å². The molecule has 3 heterocycles. The third kappa shape index (κ3) is 3.69. The molecule has 0 fully saturated rings. The van der Waals surface area contributed by atoms with Gasteiger partial charge in [0.15, 0.2) is 5.43 Å². The third-order valence-electron chi connectivity index (χ3n) is 5.49. The fourth-order valence-corrected chi connectivity index (χ4v) is 5.29. The topological polar surface area (TPSA) is 85.5 Å². The van der Waals surface area contributed by atoms with Gasteiger partial charge in [-0.2, -0.15) is 0 Å². The minimum absolute atomic E-state index is 0.00301. The van der Waals surface area contributed by atoms with Gasteiger partial charge >= 0.3 is 0 Å². The van der Waals surface area contributed by atoms with Crippen molar-refractivity contribution in [1.29, 1.82) is 0 Å². The molecule has 0 aliphatic carbocycles. The summed E-state index contributed by atoms with van der Waals surface area (Å²) >= 11 is 7.48. The van der Waals surface area contributed by atoms with Crippen molar-refractivity contribution in [3.8, 4) is 5.75 Å². The van der Waals surface area contributed by atoms with Gasteiger partial charge < -0.3 is 9.15 Å². The fraction of sp³-hybridized carbons (Fsp3) is 0.250. The van der Waals surface area contributed by atoms with Crippen LogP contribution in [-0.2, 0) is 6.42 Å². The maximum absolute atomic E-state index is 13.6. The van der Waals surface area contributed by atoms with E-state index in [1.807, 2.05) is 12.1 Å². The number of methoxy groups -OCH3 is 1. The molecule has 2 aromatic carbocycles. The van der Waals surface area contributed by atoms with Gasteiger partial charge in [0, 0.05) is 11.4 Å². The lowest BCUT2D eigenvalue weighted by Gasteiger charge is -2.22. The molecule has 0 saturated carbocycles. The molecule has 0 radical (unpaired) electrons. The van der Waals surface area contributed by atoms with Crippen molar-refractivity contribution >= 4 is 44.9 Å². The number of anilines is 1. The number of carbonyl (C=O) groups excluding carboxylic acids is 1. The molecule has 1 amide bonds. The molecule has 0 unspecified atom stereocenters. The van der Waals surface area contributed by atoms with Crippen molar-refractivity contribution in [1.82, 2.24) is 10.2 Å². The summed E-state index contributed by atoms with van der Waals surface area (Å²) in [5.74, 6) is 0.575. The first kappa shape index (κ1) is 21.6. The van der Waals surface area contributed by atoms with Gasteiger partial charge in [0.1, 0.15) is 16.3 Å². The highest BCUT2D eigenvalue weighted by molar-refractivity contribution is 7.15. The maximum Gasteiger partial charge on any atom is 0.297 e. The van der Waals surface area contributed by atoms with E-state index in [9.17, 15) is 9.59 Å². The Kier molecular flexibility index (Phi) is 5.42. The second kappa shape index (κ2) is 8.28. The quantitative estimate of drug-likeness (QED) is 0.386. The van der Waals surface area contributed by atoms with E-state index in [4.69, 9.17) is 20.8 Å². The van der Waals surface area contributed by atoms with Crippen LogP contribution < -0.4 is 15.1 Å². The summed E-state index contributed by atoms with van der Waals surface area (Å²) < 4.78 is 11.3. The number of aromatic nitrogens is 2. The van der Waals surface area contributed by atoms with Crippen LogP contribution in [0.4, 0.5) is 5.13 Å². The van der Waals surface area contributed by atoms with Crippen molar-refractivity contribution in [3.63, 3.8) is 0 Å². The number of benzene rings is 2. The number of ether oxygens (including phenoxy) is 1. The number of carbonyl (C=O) groups is 1. The normalized spacial score (nSPS) is 15.5. The molecule has 1 aliphatic rings. The van der Waals surface area contributed by atoms with E-state index in [2.05, 4.69) is 24.0 Å². The van der Waals surface area contributed by atoms with E-state index in [0.717, 1.165) is 11.4 Å². The zero-order valence-electron chi connectivity index (χ0n) is 18.2. The van der Waals surface area contributed by atoms with Crippen LogP contribution in [0.1, 0.15) is 46.6 Å². The number of fused-ring (bicyclic) bond motifs is 2.